The number of carbonyl (C=O) groups excluding carboxylic acids is 1. The van der Waals surface area contributed by atoms with Crippen molar-refractivity contribution in [1.82, 2.24) is 10.2 Å². The summed E-state index contributed by atoms with van der Waals surface area (Å²) in [6, 6.07) is 0. The Labute approximate surface area is 131 Å². The lowest BCUT2D eigenvalue weighted by molar-refractivity contribution is -0.150. The molecule has 1 N–H and O–H groups in total. The van der Waals surface area contributed by atoms with Gasteiger partial charge in [0.05, 0.1) is 6.61 Å². The molecule has 4 heteroatoms. The van der Waals surface area contributed by atoms with E-state index in [9.17, 15) is 4.79 Å². The fourth-order valence-electron chi connectivity index (χ4n) is 2.51. The van der Waals surface area contributed by atoms with Crippen LogP contribution in [0.15, 0.2) is 0 Å². The normalized spacial score (nSPS) is 14.2. The van der Waals surface area contributed by atoms with Crippen LogP contribution in [0, 0.1) is 0 Å². The van der Waals surface area contributed by atoms with E-state index >= 15 is 0 Å². The van der Waals surface area contributed by atoms with Crippen molar-refractivity contribution in [2.45, 2.75) is 72.3 Å². The predicted molar refractivity (Wildman–Crippen MR) is 89.6 cm³/mol. The van der Waals surface area contributed by atoms with Crippen LogP contribution in [0.1, 0.15) is 66.7 Å². The highest BCUT2D eigenvalue weighted by atomic mass is 16.5. The van der Waals surface area contributed by atoms with Crippen LogP contribution in [0.4, 0.5) is 0 Å². The predicted octanol–water partition coefficient (Wildman–Crippen LogP) is 3.21. The molecule has 0 bridgehead atoms. The largest absolute Gasteiger partial charge is 0.465 e. The van der Waals surface area contributed by atoms with Gasteiger partial charge in [0.2, 0.25) is 0 Å². The SMILES string of the molecule is CCCNC(C)(CCCCN(CC)CCC)C(=O)OCC. The van der Waals surface area contributed by atoms with E-state index in [1.807, 2.05) is 13.8 Å². The van der Waals surface area contributed by atoms with E-state index < -0.39 is 5.54 Å². The van der Waals surface area contributed by atoms with Gasteiger partial charge in [-0.2, -0.15) is 0 Å². The molecular weight excluding hydrogens is 264 g/mol. The Bertz CT molecular complexity index is 272. The van der Waals surface area contributed by atoms with Gasteiger partial charge >= 0.3 is 5.97 Å². The minimum absolute atomic E-state index is 0.112. The molecule has 0 fully saturated rings. The first-order chi connectivity index (χ1) is 10.0. The highest BCUT2D eigenvalue weighted by Crippen LogP contribution is 2.16. The molecule has 0 radical (unpaired) electrons. The lowest BCUT2D eigenvalue weighted by Gasteiger charge is -2.29. The molecule has 0 rings (SSSR count). The van der Waals surface area contributed by atoms with Gasteiger partial charge in [0.1, 0.15) is 5.54 Å². The molecule has 0 aliphatic carbocycles. The third kappa shape index (κ3) is 8.42. The van der Waals surface area contributed by atoms with E-state index in [4.69, 9.17) is 4.74 Å². The number of carbonyl (C=O) groups is 1. The van der Waals surface area contributed by atoms with Crippen molar-refractivity contribution in [2.75, 3.05) is 32.8 Å². The van der Waals surface area contributed by atoms with E-state index in [0.29, 0.717) is 6.61 Å². The van der Waals surface area contributed by atoms with Gasteiger partial charge in [-0.25, -0.2) is 0 Å². The average Bonchev–Trinajstić information content (AvgIpc) is 2.48. The summed E-state index contributed by atoms with van der Waals surface area (Å²) in [7, 11) is 0. The van der Waals surface area contributed by atoms with Crippen LogP contribution in [-0.4, -0.2) is 49.2 Å². The summed E-state index contributed by atoms with van der Waals surface area (Å²) < 4.78 is 5.23. The Morgan fingerprint density at radius 1 is 1.10 bits per heavy atom. The van der Waals surface area contributed by atoms with Gasteiger partial charge in [0, 0.05) is 0 Å². The molecule has 0 aromatic rings. The van der Waals surface area contributed by atoms with Gasteiger partial charge in [-0.15, -0.1) is 0 Å². The third-order valence-electron chi connectivity index (χ3n) is 3.88. The summed E-state index contributed by atoms with van der Waals surface area (Å²) >= 11 is 0. The lowest BCUT2D eigenvalue weighted by Crippen LogP contribution is -2.50. The highest BCUT2D eigenvalue weighted by molar-refractivity contribution is 5.80. The topological polar surface area (TPSA) is 41.6 Å². The Kier molecular flexibility index (Phi) is 11.6. The summed E-state index contributed by atoms with van der Waals surface area (Å²) in [4.78, 5) is 14.6. The van der Waals surface area contributed by atoms with Crippen molar-refractivity contribution in [3.63, 3.8) is 0 Å². The van der Waals surface area contributed by atoms with Crippen LogP contribution in [0.25, 0.3) is 0 Å². The number of nitrogens with one attached hydrogen (secondary N) is 1. The van der Waals surface area contributed by atoms with E-state index in [1.54, 1.807) is 0 Å². The molecule has 0 heterocycles. The second-order valence-corrected chi connectivity index (χ2v) is 5.87. The molecule has 0 saturated carbocycles. The zero-order valence-corrected chi connectivity index (χ0v) is 14.8. The van der Waals surface area contributed by atoms with Crippen molar-refractivity contribution in [1.29, 1.82) is 0 Å². The number of rotatable bonds is 13. The lowest BCUT2D eigenvalue weighted by atomic mass is 9.94. The fraction of sp³-hybridized carbons (Fsp3) is 0.941. The summed E-state index contributed by atoms with van der Waals surface area (Å²) in [5.74, 6) is -0.112. The highest BCUT2D eigenvalue weighted by Gasteiger charge is 2.33. The van der Waals surface area contributed by atoms with Crippen LogP contribution in [0.3, 0.4) is 0 Å². The monoisotopic (exact) mass is 300 g/mol. The molecule has 21 heavy (non-hydrogen) atoms. The van der Waals surface area contributed by atoms with Gasteiger partial charge in [0.15, 0.2) is 0 Å². The number of esters is 1. The second kappa shape index (κ2) is 12.0. The molecule has 4 nitrogen and oxygen atoms in total. The second-order valence-electron chi connectivity index (χ2n) is 5.87. The minimum Gasteiger partial charge on any atom is -0.465 e. The molecule has 0 aromatic heterocycles. The van der Waals surface area contributed by atoms with Crippen molar-refractivity contribution < 1.29 is 9.53 Å². The van der Waals surface area contributed by atoms with Crippen molar-refractivity contribution in [2.24, 2.45) is 0 Å². The summed E-state index contributed by atoms with van der Waals surface area (Å²) in [6.07, 6.45) is 5.25. The third-order valence-corrected chi connectivity index (χ3v) is 3.88. The Balaban J connectivity index is 4.25. The van der Waals surface area contributed by atoms with Crippen LogP contribution < -0.4 is 5.32 Å². The molecule has 0 saturated heterocycles. The quantitative estimate of drug-likeness (QED) is 0.419. The molecule has 1 atom stereocenters. The fourth-order valence-corrected chi connectivity index (χ4v) is 2.51. The zero-order chi connectivity index (χ0) is 16.1. The first-order valence-electron chi connectivity index (χ1n) is 8.68. The number of ether oxygens (including phenoxy) is 1. The molecule has 0 aromatic carbocycles. The van der Waals surface area contributed by atoms with Gasteiger partial charge in [-0.05, 0) is 72.1 Å². The molecule has 0 spiro atoms. The van der Waals surface area contributed by atoms with Gasteiger partial charge in [-0.1, -0.05) is 20.8 Å². The average molecular weight is 300 g/mol. The van der Waals surface area contributed by atoms with Crippen molar-refractivity contribution in [3.8, 4) is 0 Å². The van der Waals surface area contributed by atoms with Crippen molar-refractivity contribution in [3.05, 3.63) is 0 Å². The standard InChI is InChI=1S/C17H36N2O2/c1-6-13-18-17(5,16(20)21-9-4)12-10-11-15-19(8-3)14-7-2/h18H,6-15H2,1-5H3. The molecule has 0 aliphatic heterocycles. The maximum Gasteiger partial charge on any atom is 0.326 e. The molecule has 1 unspecified atom stereocenters. The van der Waals surface area contributed by atoms with E-state index in [1.165, 1.54) is 13.0 Å². The van der Waals surface area contributed by atoms with Crippen LogP contribution >= 0.6 is 0 Å². The molecule has 0 aliphatic rings. The number of hydrogen-bond acceptors (Lipinski definition) is 4. The van der Waals surface area contributed by atoms with Gasteiger partial charge < -0.3 is 15.0 Å². The number of unbranched alkanes of at least 4 members (excludes halogenated alkanes) is 1. The van der Waals surface area contributed by atoms with Crippen LogP contribution in [-0.2, 0) is 9.53 Å². The minimum atomic E-state index is -0.534. The Morgan fingerprint density at radius 3 is 2.33 bits per heavy atom. The van der Waals surface area contributed by atoms with Gasteiger partial charge in [-0.3, -0.25) is 4.79 Å². The molecular formula is C17H36N2O2. The first kappa shape index (κ1) is 20.4. The Hall–Kier alpha value is -0.610. The maximum absolute atomic E-state index is 12.2. The van der Waals surface area contributed by atoms with Gasteiger partial charge in [0.25, 0.3) is 0 Å². The summed E-state index contributed by atoms with van der Waals surface area (Å²) in [5.41, 5.74) is -0.534. The number of nitrogens with zero attached hydrogens (tertiary/aromatic N) is 1. The van der Waals surface area contributed by atoms with E-state index in [2.05, 4.69) is 31.0 Å². The number of hydrogen-bond donors (Lipinski definition) is 1. The molecule has 126 valence electrons. The van der Waals surface area contributed by atoms with E-state index in [-0.39, 0.29) is 5.97 Å². The van der Waals surface area contributed by atoms with Crippen LogP contribution in [0.5, 0.6) is 0 Å². The summed E-state index contributed by atoms with van der Waals surface area (Å²) in [6.45, 7) is 15.1. The van der Waals surface area contributed by atoms with E-state index in [0.717, 1.165) is 45.3 Å². The summed E-state index contributed by atoms with van der Waals surface area (Å²) in [5, 5.41) is 3.37. The zero-order valence-electron chi connectivity index (χ0n) is 14.8. The van der Waals surface area contributed by atoms with Crippen molar-refractivity contribution >= 4 is 5.97 Å². The smallest absolute Gasteiger partial charge is 0.326 e. The van der Waals surface area contributed by atoms with Crippen LogP contribution in [0.2, 0.25) is 0 Å². The molecule has 0 amide bonds. The first-order valence-corrected chi connectivity index (χ1v) is 8.68. The maximum atomic E-state index is 12.2. The Morgan fingerprint density at radius 2 is 1.81 bits per heavy atom.